The normalized spacial score (nSPS) is 25.2. The average molecular weight is 437 g/mol. The molecule has 0 radical (unpaired) electrons. The first kappa shape index (κ1) is 24.3. The van der Waals surface area contributed by atoms with E-state index in [0.717, 1.165) is 5.56 Å². The Hall–Kier alpha value is -2.98. The van der Waals surface area contributed by atoms with Crippen LogP contribution in [0.1, 0.15) is 33.3 Å². The lowest BCUT2D eigenvalue weighted by Crippen LogP contribution is -2.66. The number of nitrogens with one attached hydrogen (secondary N) is 1. The zero-order valence-electron chi connectivity index (χ0n) is 17.9. The van der Waals surface area contributed by atoms with Crippen molar-refractivity contribution >= 4 is 23.8 Å². The maximum absolute atomic E-state index is 11.8. The molecule has 1 amide bonds. The van der Waals surface area contributed by atoms with Crippen molar-refractivity contribution in [3.8, 4) is 0 Å². The van der Waals surface area contributed by atoms with Crippen LogP contribution in [-0.2, 0) is 49.5 Å². The van der Waals surface area contributed by atoms with Crippen LogP contribution in [0.25, 0.3) is 0 Å². The van der Waals surface area contributed by atoms with Crippen molar-refractivity contribution in [1.29, 1.82) is 0 Å². The lowest BCUT2D eigenvalue weighted by molar-refractivity contribution is -0.280. The van der Waals surface area contributed by atoms with Crippen molar-refractivity contribution < 1.29 is 42.9 Å². The molecule has 1 heterocycles. The SMILES string of the molecule is CC(=O)N[C@H]1[C@@H](OCc2ccccc2)O[C@H](COC(C)=O)[C@H](OC(C)=O)[C@@H]1OC(C)=O. The van der Waals surface area contributed by atoms with Gasteiger partial charge in [-0.3, -0.25) is 19.2 Å². The van der Waals surface area contributed by atoms with Gasteiger partial charge in [-0.15, -0.1) is 0 Å². The van der Waals surface area contributed by atoms with E-state index in [0.29, 0.717) is 0 Å². The molecule has 0 aliphatic carbocycles. The summed E-state index contributed by atoms with van der Waals surface area (Å²) in [6.45, 7) is 4.72. The molecule has 0 bridgehead atoms. The van der Waals surface area contributed by atoms with Gasteiger partial charge in [-0.1, -0.05) is 30.3 Å². The lowest BCUT2D eigenvalue weighted by Gasteiger charge is -2.44. The second-order valence-electron chi connectivity index (χ2n) is 7.02. The summed E-state index contributed by atoms with van der Waals surface area (Å²) in [4.78, 5) is 46.7. The lowest BCUT2D eigenvalue weighted by atomic mass is 9.96. The van der Waals surface area contributed by atoms with E-state index < -0.39 is 54.5 Å². The fraction of sp³-hybridized carbons (Fsp3) is 0.524. The van der Waals surface area contributed by atoms with Crippen molar-refractivity contribution in [2.45, 2.75) is 64.9 Å². The van der Waals surface area contributed by atoms with Gasteiger partial charge in [0.05, 0.1) is 6.61 Å². The van der Waals surface area contributed by atoms with Crippen LogP contribution in [0.4, 0.5) is 0 Å². The van der Waals surface area contributed by atoms with Gasteiger partial charge in [0.1, 0.15) is 18.8 Å². The topological polar surface area (TPSA) is 126 Å². The zero-order chi connectivity index (χ0) is 23.0. The number of ether oxygens (including phenoxy) is 5. The molecule has 31 heavy (non-hydrogen) atoms. The number of carbonyl (C=O) groups is 4. The quantitative estimate of drug-likeness (QED) is 0.465. The van der Waals surface area contributed by atoms with E-state index in [2.05, 4.69) is 5.32 Å². The van der Waals surface area contributed by atoms with Gasteiger partial charge in [-0.25, -0.2) is 0 Å². The third-order valence-electron chi connectivity index (χ3n) is 4.33. The van der Waals surface area contributed by atoms with Gasteiger partial charge in [0.25, 0.3) is 0 Å². The molecule has 1 aliphatic heterocycles. The predicted octanol–water partition coefficient (Wildman–Crippen LogP) is 0.859. The minimum absolute atomic E-state index is 0.132. The average Bonchev–Trinajstić information content (AvgIpc) is 2.68. The monoisotopic (exact) mass is 437 g/mol. The van der Waals surface area contributed by atoms with Crippen LogP contribution in [0.2, 0.25) is 0 Å². The second kappa shape index (κ2) is 11.4. The maximum atomic E-state index is 11.8. The predicted molar refractivity (Wildman–Crippen MR) is 105 cm³/mol. The van der Waals surface area contributed by atoms with E-state index in [4.69, 9.17) is 23.7 Å². The molecular weight excluding hydrogens is 410 g/mol. The molecule has 0 aromatic heterocycles. The molecule has 170 valence electrons. The van der Waals surface area contributed by atoms with E-state index in [1.807, 2.05) is 30.3 Å². The molecule has 1 saturated heterocycles. The number of amides is 1. The smallest absolute Gasteiger partial charge is 0.303 e. The van der Waals surface area contributed by atoms with Crippen molar-refractivity contribution in [2.75, 3.05) is 6.61 Å². The molecule has 5 atom stereocenters. The van der Waals surface area contributed by atoms with Crippen molar-refractivity contribution in [3.05, 3.63) is 35.9 Å². The van der Waals surface area contributed by atoms with Crippen LogP contribution >= 0.6 is 0 Å². The van der Waals surface area contributed by atoms with E-state index in [1.165, 1.54) is 27.7 Å². The second-order valence-corrected chi connectivity index (χ2v) is 7.02. The van der Waals surface area contributed by atoms with Gasteiger partial charge >= 0.3 is 17.9 Å². The Balaban J connectivity index is 2.35. The number of carbonyl (C=O) groups excluding carboxylic acids is 4. The fourth-order valence-corrected chi connectivity index (χ4v) is 3.19. The fourth-order valence-electron chi connectivity index (χ4n) is 3.19. The summed E-state index contributed by atoms with van der Waals surface area (Å²) in [5, 5.41) is 2.65. The molecule has 0 unspecified atom stereocenters. The first-order chi connectivity index (χ1) is 14.7. The third kappa shape index (κ3) is 7.65. The van der Waals surface area contributed by atoms with Gasteiger partial charge in [0.15, 0.2) is 18.5 Å². The summed E-state index contributed by atoms with van der Waals surface area (Å²) >= 11 is 0. The Morgan fingerprint density at radius 2 is 1.52 bits per heavy atom. The van der Waals surface area contributed by atoms with Gasteiger partial charge in [-0.2, -0.15) is 0 Å². The minimum atomic E-state index is -1.14. The molecule has 0 saturated carbocycles. The summed E-state index contributed by atoms with van der Waals surface area (Å²) in [6, 6.07) is 8.25. The molecule has 1 fully saturated rings. The Labute approximate surface area is 180 Å². The largest absolute Gasteiger partial charge is 0.463 e. The summed E-state index contributed by atoms with van der Waals surface area (Å²) in [6.07, 6.45) is -4.36. The third-order valence-corrected chi connectivity index (χ3v) is 4.33. The van der Waals surface area contributed by atoms with Crippen LogP contribution in [0.15, 0.2) is 30.3 Å². The van der Waals surface area contributed by atoms with Gasteiger partial charge in [0, 0.05) is 27.7 Å². The molecule has 0 spiro atoms. The molecule has 1 aromatic carbocycles. The number of benzene rings is 1. The molecule has 1 aliphatic rings. The van der Waals surface area contributed by atoms with Crippen molar-refractivity contribution in [1.82, 2.24) is 5.32 Å². The van der Waals surface area contributed by atoms with E-state index in [-0.39, 0.29) is 13.2 Å². The standard InChI is InChI=1S/C21H27NO9/c1-12(23)22-18-20(30-15(4)26)19(29-14(3)25)17(11-27-13(2)24)31-21(18)28-10-16-8-6-5-7-9-16/h5-9,17-21H,10-11H2,1-4H3,(H,22,23)/t17-,18-,19+,20-,21+/m1/s1. The molecule has 10 heteroatoms. The molecule has 1 N–H and O–H groups in total. The Morgan fingerprint density at radius 1 is 0.903 bits per heavy atom. The van der Waals surface area contributed by atoms with Crippen molar-refractivity contribution in [2.24, 2.45) is 0 Å². The van der Waals surface area contributed by atoms with Gasteiger partial charge < -0.3 is 29.0 Å². The highest BCUT2D eigenvalue weighted by Crippen LogP contribution is 2.28. The highest BCUT2D eigenvalue weighted by Gasteiger charge is 2.51. The molecule has 2 rings (SSSR count). The molecule has 1 aromatic rings. The molecular formula is C21H27NO9. The first-order valence-corrected chi connectivity index (χ1v) is 9.73. The number of esters is 3. The minimum Gasteiger partial charge on any atom is -0.463 e. The van der Waals surface area contributed by atoms with Crippen LogP contribution in [0.3, 0.4) is 0 Å². The first-order valence-electron chi connectivity index (χ1n) is 9.73. The number of rotatable bonds is 8. The maximum Gasteiger partial charge on any atom is 0.303 e. The Kier molecular flexibility index (Phi) is 8.95. The Bertz CT molecular complexity index is 782. The van der Waals surface area contributed by atoms with E-state index in [9.17, 15) is 19.2 Å². The van der Waals surface area contributed by atoms with Crippen LogP contribution < -0.4 is 5.32 Å². The van der Waals surface area contributed by atoms with Gasteiger partial charge in [-0.05, 0) is 5.56 Å². The van der Waals surface area contributed by atoms with Gasteiger partial charge in [0.2, 0.25) is 5.91 Å². The summed E-state index contributed by atoms with van der Waals surface area (Å²) in [5.74, 6) is -2.32. The van der Waals surface area contributed by atoms with Crippen LogP contribution in [-0.4, -0.2) is 61.1 Å². The highest BCUT2D eigenvalue weighted by molar-refractivity contribution is 5.73. The van der Waals surface area contributed by atoms with Crippen LogP contribution in [0, 0.1) is 0 Å². The summed E-state index contributed by atoms with van der Waals surface area (Å²) in [5.41, 5.74) is 0.843. The highest BCUT2D eigenvalue weighted by atomic mass is 16.7. The summed E-state index contributed by atoms with van der Waals surface area (Å²) < 4.78 is 27.6. The summed E-state index contributed by atoms with van der Waals surface area (Å²) in [7, 11) is 0. The van der Waals surface area contributed by atoms with E-state index >= 15 is 0 Å². The van der Waals surface area contributed by atoms with Crippen LogP contribution in [0.5, 0.6) is 0 Å². The number of hydrogen-bond acceptors (Lipinski definition) is 9. The number of hydrogen-bond donors (Lipinski definition) is 1. The Morgan fingerprint density at radius 3 is 2.06 bits per heavy atom. The van der Waals surface area contributed by atoms with E-state index in [1.54, 1.807) is 0 Å². The van der Waals surface area contributed by atoms with Crippen molar-refractivity contribution in [3.63, 3.8) is 0 Å². The zero-order valence-corrected chi connectivity index (χ0v) is 17.9. The molecule has 10 nitrogen and oxygen atoms in total.